The molecule has 1 rings (SSSR count). The maximum Gasteiger partial charge on any atom is 0.351 e. The van der Waals surface area contributed by atoms with E-state index in [9.17, 15) is 9.18 Å². The van der Waals surface area contributed by atoms with Gasteiger partial charge in [-0.2, -0.15) is 4.99 Å². The maximum atomic E-state index is 13.5. The summed E-state index contributed by atoms with van der Waals surface area (Å²) in [5, 5.41) is 0. The minimum Gasteiger partial charge on any atom is -0.370 e. The third-order valence-electron chi connectivity index (χ3n) is 1.98. The smallest absolute Gasteiger partial charge is 0.351 e. The Bertz CT molecular complexity index is 440. The maximum absolute atomic E-state index is 13.5. The summed E-state index contributed by atoms with van der Waals surface area (Å²) in [5.41, 5.74) is 11.0. The lowest BCUT2D eigenvalue weighted by molar-refractivity contribution is 0.255. The zero-order chi connectivity index (χ0) is 12.3. The molecule has 1 aromatic rings. The number of anilines is 1. The van der Waals surface area contributed by atoms with E-state index in [2.05, 4.69) is 4.99 Å². The molecule has 6 heteroatoms. The third-order valence-corrected chi connectivity index (χ3v) is 1.98. The quantitative estimate of drug-likeness (QED) is 0.550. The number of nitrogens with zero attached hydrogens (tertiary/aromatic N) is 2. The van der Waals surface area contributed by atoms with Gasteiger partial charge in [0.2, 0.25) is 0 Å². The van der Waals surface area contributed by atoms with Crippen molar-refractivity contribution in [2.24, 2.45) is 16.5 Å². The molecular weight excluding hydrogens is 211 g/mol. The number of rotatable bonds is 1. The third kappa shape index (κ3) is 2.69. The monoisotopic (exact) mass is 224 g/mol. The summed E-state index contributed by atoms with van der Waals surface area (Å²) < 4.78 is 13.5. The molecule has 0 aliphatic heterocycles. The Labute approximate surface area is 92.6 Å². The number of carbonyl (C=O) groups excluding carboxylic acids is 1. The van der Waals surface area contributed by atoms with Gasteiger partial charge in [0.1, 0.15) is 5.82 Å². The van der Waals surface area contributed by atoms with Gasteiger partial charge in [0.25, 0.3) is 0 Å². The van der Waals surface area contributed by atoms with Crippen molar-refractivity contribution < 1.29 is 9.18 Å². The zero-order valence-electron chi connectivity index (χ0n) is 9.07. The van der Waals surface area contributed by atoms with E-state index in [0.29, 0.717) is 0 Å². The topological polar surface area (TPSA) is 84.7 Å². The lowest BCUT2D eigenvalue weighted by atomic mass is 10.2. The first-order valence-corrected chi connectivity index (χ1v) is 4.55. The minimum atomic E-state index is -0.720. The molecule has 0 saturated heterocycles. The van der Waals surface area contributed by atoms with Gasteiger partial charge in [-0.3, -0.25) is 4.90 Å². The molecule has 2 amide bonds. The molecule has 4 N–H and O–H groups in total. The lowest BCUT2D eigenvalue weighted by Gasteiger charge is -2.15. The van der Waals surface area contributed by atoms with Gasteiger partial charge in [0, 0.05) is 7.05 Å². The molecular formula is C10H13FN4O. The van der Waals surface area contributed by atoms with E-state index < -0.39 is 11.8 Å². The minimum absolute atomic E-state index is 0.126. The van der Waals surface area contributed by atoms with Crippen LogP contribution in [0.5, 0.6) is 0 Å². The van der Waals surface area contributed by atoms with Crippen molar-refractivity contribution in [3.05, 3.63) is 29.6 Å². The highest BCUT2D eigenvalue weighted by atomic mass is 19.1. The molecule has 0 heterocycles. The van der Waals surface area contributed by atoms with Crippen molar-refractivity contribution in [1.82, 2.24) is 0 Å². The second kappa shape index (κ2) is 4.61. The molecule has 1 aromatic carbocycles. The number of amides is 2. The molecule has 0 radical (unpaired) electrons. The van der Waals surface area contributed by atoms with Crippen molar-refractivity contribution >= 4 is 17.7 Å². The van der Waals surface area contributed by atoms with Crippen LogP contribution in [0, 0.1) is 12.7 Å². The van der Waals surface area contributed by atoms with E-state index in [1.54, 1.807) is 13.0 Å². The van der Waals surface area contributed by atoms with Crippen LogP contribution in [0.15, 0.2) is 23.2 Å². The van der Waals surface area contributed by atoms with Crippen molar-refractivity contribution in [1.29, 1.82) is 0 Å². The van der Waals surface area contributed by atoms with Gasteiger partial charge in [-0.1, -0.05) is 6.07 Å². The Morgan fingerprint density at radius 2 is 2.06 bits per heavy atom. The molecule has 0 spiro atoms. The number of carbonyl (C=O) groups is 1. The number of guanidine groups is 1. The molecule has 0 bridgehead atoms. The van der Waals surface area contributed by atoms with Gasteiger partial charge in [-0.05, 0) is 24.6 Å². The van der Waals surface area contributed by atoms with E-state index in [4.69, 9.17) is 11.5 Å². The van der Waals surface area contributed by atoms with Crippen molar-refractivity contribution in [3.63, 3.8) is 0 Å². The number of hydrogen-bond donors (Lipinski definition) is 2. The largest absolute Gasteiger partial charge is 0.370 e. The van der Waals surface area contributed by atoms with Crippen LogP contribution in [0.3, 0.4) is 0 Å². The lowest BCUT2D eigenvalue weighted by Crippen LogP contribution is -2.30. The van der Waals surface area contributed by atoms with Crippen LogP contribution >= 0.6 is 0 Å². The average molecular weight is 224 g/mol. The molecule has 0 atom stereocenters. The van der Waals surface area contributed by atoms with E-state index in [-0.39, 0.29) is 11.6 Å². The molecule has 5 nitrogen and oxygen atoms in total. The number of benzene rings is 1. The van der Waals surface area contributed by atoms with Crippen LogP contribution in [-0.4, -0.2) is 19.0 Å². The first-order chi connectivity index (χ1) is 7.41. The van der Waals surface area contributed by atoms with E-state index in [1.165, 1.54) is 19.2 Å². The Kier molecular flexibility index (Phi) is 3.44. The second-order valence-corrected chi connectivity index (χ2v) is 3.33. The molecule has 86 valence electrons. The van der Waals surface area contributed by atoms with Gasteiger partial charge < -0.3 is 11.5 Å². The van der Waals surface area contributed by atoms with E-state index in [1.807, 2.05) is 0 Å². The van der Waals surface area contributed by atoms with E-state index in [0.717, 1.165) is 10.5 Å². The van der Waals surface area contributed by atoms with Gasteiger partial charge >= 0.3 is 6.03 Å². The standard InChI is InChI=1S/C10H13FN4O/c1-6-3-4-8(7(11)5-6)15(2)10(16)14-9(12)13/h3-5H,1-2H3,(H4,12,13,14,16). The number of hydrogen-bond acceptors (Lipinski definition) is 1. The number of aliphatic imine (C=N–C) groups is 1. The zero-order valence-corrected chi connectivity index (χ0v) is 9.07. The highest BCUT2D eigenvalue weighted by Gasteiger charge is 2.14. The molecule has 16 heavy (non-hydrogen) atoms. The van der Waals surface area contributed by atoms with Crippen LogP contribution < -0.4 is 16.4 Å². The summed E-state index contributed by atoms with van der Waals surface area (Å²) in [6.45, 7) is 1.75. The molecule has 0 aromatic heterocycles. The summed E-state index contributed by atoms with van der Waals surface area (Å²) in [5.74, 6) is -0.856. The first-order valence-electron chi connectivity index (χ1n) is 4.55. The van der Waals surface area contributed by atoms with Crippen molar-refractivity contribution in [2.75, 3.05) is 11.9 Å². The van der Waals surface area contributed by atoms with Crippen LogP contribution in [-0.2, 0) is 0 Å². The Balaban J connectivity index is 3.01. The molecule has 0 saturated carbocycles. The number of urea groups is 1. The molecule has 0 aliphatic carbocycles. The number of halogens is 1. The first kappa shape index (κ1) is 12.0. The summed E-state index contributed by atoms with van der Waals surface area (Å²) >= 11 is 0. The van der Waals surface area contributed by atoms with Gasteiger partial charge in [0.05, 0.1) is 5.69 Å². The summed E-state index contributed by atoms with van der Waals surface area (Å²) in [6, 6.07) is 3.79. The predicted octanol–water partition coefficient (Wildman–Crippen LogP) is 0.964. The molecule has 0 aliphatic rings. The van der Waals surface area contributed by atoms with E-state index >= 15 is 0 Å². The molecule has 0 unspecified atom stereocenters. The van der Waals surface area contributed by atoms with Crippen LogP contribution in [0.2, 0.25) is 0 Å². The SMILES string of the molecule is Cc1ccc(N(C)C(=O)N=C(N)N)c(F)c1. The van der Waals surface area contributed by atoms with Crippen molar-refractivity contribution in [3.8, 4) is 0 Å². The average Bonchev–Trinajstić information content (AvgIpc) is 2.15. The van der Waals surface area contributed by atoms with Crippen LogP contribution in [0.4, 0.5) is 14.9 Å². The Hall–Kier alpha value is -2.11. The molecule has 0 fully saturated rings. The summed E-state index contributed by atoms with van der Waals surface area (Å²) in [4.78, 5) is 15.7. The fourth-order valence-corrected chi connectivity index (χ4v) is 1.17. The Morgan fingerprint density at radius 3 is 2.56 bits per heavy atom. The number of nitrogens with two attached hydrogens (primary N) is 2. The summed E-state index contributed by atoms with van der Waals surface area (Å²) in [6.07, 6.45) is 0. The normalized spacial score (nSPS) is 9.69. The van der Waals surface area contributed by atoms with Crippen LogP contribution in [0.25, 0.3) is 0 Å². The van der Waals surface area contributed by atoms with Crippen molar-refractivity contribution in [2.45, 2.75) is 6.92 Å². The van der Waals surface area contributed by atoms with Crippen LogP contribution in [0.1, 0.15) is 5.56 Å². The second-order valence-electron chi connectivity index (χ2n) is 3.33. The highest BCUT2D eigenvalue weighted by molar-refractivity contribution is 5.99. The number of aryl methyl sites for hydroxylation is 1. The Morgan fingerprint density at radius 1 is 1.44 bits per heavy atom. The highest BCUT2D eigenvalue weighted by Crippen LogP contribution is 2.19. The van der Waals surface area contributed by atoms with Gasteiger partial charge in [-0.25, -0.2) is 9.18 Å². The fourth-order valence-electron chi connectivity index (χ4n) is 1.17. The predicted molar refractivity (Wildman–Crippen MR) is 60.7 cm³/mol. The fraction of sp³-hybridized carbons (Fsp3) is 0.200. The summed E-state index contributed by atoms with van der Waals surface area (Å²) in [7, 11) is 1.39. The van der Waals surface area contributed by atoms with Gasteiger partial charge in [0.15, 0.2) is 5.96 Å². The van der Waals surface area contributed by atoms with Gasteiger partial charge in [-0.15, -0.1) is 0 Å².